The van der Waals surface area contributed by atoms with E-state index in [9.17, 15) is 4.79 Å². The molecule has 0 aliphatic heterocycles. The molecular weight excluding hydrogens is 216 g/mol. The molecule has 0 aliphatic rings. The molecule has 15 heavy (non-hydrogen) atoms. The number of hydrogen-bond donors (Lipinski definition) is 1. The maximum absolute atomic E-state index is 9.25. The predicted octanol–water partition coefficient (Wildman–Crippen LogP) is 1.53. The summed E-state index contributed by atoms with van der Waals surface area (Å²) >= 11 is 0. The predicted molar refractivity (Wildman–Crippen MR) is 59.7 cm³/mol. The van der Waals surface area contributed by atoms with Gasteiger partial charge in [0, 0.05) is 33.4 Å². The van der Waals surface area contributed by atoms with Gasteiger partial charge in [0.05, 0.1) is 0 Å². The number of rotatable bonds is 6. The van der Waals surface area contributed by atoms with E-state index < -0.39 is 14.8 Å². The molecule has 0 atom stereocenters. The van der Waals surface area contributed by atoms with Crippen LogP contribution in [0.4, 0.5) is 0 Å². The number of carbonyl (C=O) groups is 1. The Morgan fingerprint density at radius 1 is 1.33 bits per heavy atom. The molecule has 1 N–H and O–H groups in total. The van der Waals surface area contributed by atoms with Crippen molar-refractivity contribution in [3.8, 4) is 0 Å². The van der Waals surface area contributed by atoms with Crippen molar-refractivity contribution in [3.05, 3.63) is 12.7 Å². The van der Waals surface area contributed by atoms with E-state index in [1.165, 1.54) is 0 Å². The minimum absolute atomic E-state index is 0.833. The van der Waals surface area contributed by atoms with Crippen LogP contribution in [0.2, 0.25) is 6.04 Å². The summed E-state index contributed by atoms with van der Waals surface area (Å²) in [5.74, 6) is -0.981. The lowest BCUT2D eigenvalue weighted by molar-refractivity contribution is -0.131. The van der Waals surface area contributed by atoms with Crippen molar-refractivity contribution >= 4 is 14.8 Å². The molecule has 0 amide bonds. The lowest BCUT2D eigenvalue weighted by atomic mass is 10.6. The molecule has 0 aromatic rings. The lowest BCUT2D eigenvalue weighted by Gasteiger charge is -2.23. The first kappa shape index (κ1) is 16.7. The molecule has 5 nitrogen and oxygen atoms in total. The van der Waals surface area contributed by atoms with Gasteiger partial charge >= 0.3 is 14.8 Å². The van der Waals surface area contributed by atoms with Gasteiger partial charge in [-0.1, -0.05) is 19.9 Å². The zero-order valence-corrected chi connectivity index (χ0v) is 10.8. The third kappa shape index (κ3) is 8.31. The molecule has 90 valence electrons. The maximum Gasteiger partial charge on any atom is 0.500 e. The molecule has 0 heterocycles. The number of hydrogen-bond acceptors (Lipinski definition) is 4. The third-order valence-corrected chi connectivity index (χ3v) is 4.64. The molecule has 0 radical (unpaired) electrons. The first-order chi connectivity index (χ1) is 7.01. The van der Waals surface area contributed by atoms with Gasteiger partial charge in [-0.05, 0) is 0 Å². The molecule has 0 aromatic heterocycles. The van der Waals surface area contributed by atoms with Gasteiger partial charge in [0.15, 0.2) is 0 Å². The van der Waals surface area contributed by atoms with Gasteiger partial charge in [-0.15, -0.1) is 0 Å². The molecule has 0 aromatic carbocycles. The fourth-order valence-corrected chi connectivity index (χ4v) is 2.59. The highest BCUT2D eigenvalue weighted by atomic mass is 28.4. The van der Waals surface area contributed by atoms with Crippen molar-refractivity contribution in [2.75, 3.05) is 21.3 Å². The van der Waals surface area contributed by atoms with Crippen LogP contribution in [-0.4, -0.2) is 41.2 Å². The first-order valence-corrected chi connectivity index (χ1v) is 6.45. The highest BCUT2D eigenvalue weighted by Gasteiger charge is 2.36. The quantitative estimate of drug-likeness (QED) is 0.559. The first-order valence-electron chi connectivity index (χ1n) is 4.52. The van der Waals surface area contributed by atoms with Crippen LogP contribution in [0.15, 0.2) is 12.7 Å². The lowest BCUT2D eigenvalue weighted by Crippen LogP contribution is -2.42. The molecule has 0 spiro atoms. The zero-order chi connectivity index (χ0) is 12.3. The van der Waals surface area contributed by atoms with Crippen LogP contribution in [0.25, 0.3) is 0 Å². The Kier molecular flexibility index (Phi) is 11.0. The van der Waals surface area contributed by atoms with Gasteiger partial charge in [0.25, 0.3) is 0 Å². The van der Waals surface area contributed by atoms with E-state index in [1.807, 2.05) is 0 Å². The fraction of sp³-hybridized carbons (Fsp3) is 0.667. The fourth-order valence-electron chi connectivity index (χ4n) is 0.862. The molecule has 0 fully saturated rings. The van der Waals surface area contributed by atoms with Crippen LogP contribution >= 0.6 is 0 Å². The topological polar surface area (TPSA) is 65.0 Å². The molecule has 6 heteroatoms. The van der Waals surface area contributed by atoms with Crippen molar-refractivity contribution in [1.82, 2.24) is 0 Å². The summed E-state index contributed by atoms with van der Waals surface area (Å²) < 4.78 is 15.5. The van der Waals surface area contributed by atoms with Gasteiger partial charge in [-0.25, -0.2) is 4.79 Å². The summed E-state index contributed by atoms with van der Waals surface area (Å²) in [6.45, 7) is 5.04. The Morgan fingerprint density at radius 3 is 1.73 bits per heavy atom. The van der Waals surface area contributed by atoms with Crippen molar-refractivity contribution in [1.29, 1.82) is 0 Å². The molecule has 0 bridgehead atoms. The normalized spacial score (nSPS) is 10.1. The van der Waals surface area contributed by atoms with Gasteiger partial charge in [-0.3, -0.25) is 0 Å². The monoisotopic (exact) mass is 236 g/mol. The van der Waals surface area contributed by atoms with Crippen molar-refractivity contribution in [2.45, 2.75) is 19.4 Å². The van der Waals surface area contributed by atoms with Crippen molar-refractivity contribution in [2.24, 2.45) is 0 Å². The van der Waals surface area contributed by atoms with Crippen molar-refractivity contribution in [3.63, 3.8) is 0 Å². The Hall–Kier alpha value is -0.693. The van der Waals surface area contributed by atoms with Crippen LogP contribution in [0, 0.1) is 0 Å². The number of carboxylic acids is 1. The van der Waals surface area contributed by atoms with Crippen LogP contribution in [-0.2, 0) is 18.1 Å². The van der Waals surface area contributed by atoms with E-state index in [2.05, 4.69) is 13.5 Å². The Morgan fingerprint density at radius 2 is 1.67 bits per heavy atom. The highest BCUT2D eigenvalue weighted by molar-refractivity contribution is 6.60. The van der Waals surface area contributed by atoms with E-state index >= 15 is 0 Å². The average molecular weight is 236 g/mol. The zero-order valence-electron chi connectivity index (χ0n) is 9.78. The minimum Gasteiger partial charge on any atom is -0.478 e. The second-order valence-corrected chi connectivity index (χ2v) is 5.68. The van der Waals surface area contributed by atoms with E-state index in [0.29, 0.717) is 0 Å². The van der Waals surface area contributed by atoms with Crippen LogP contribution in [0.5, 0.6) is 0 Å². The van der Waals surface area contributed by atoms with Crippen LogP contribution in [0.3, 0.4) is 0 Å². The third-order valence-electron chi connectivity index (χ3n) is 1.66. The maximum atomic E-state index is 9.25. The molecule has 0 unspecified atom stereocenters. The largest absolute Gasteiger partial charge is 0.500 e. The van der Waals surface area contributed by atoms with Crippen molar-refractivity contribution < 1.29 is 23.2 Å². The van der Waals surface area contributed by atoms with E-state index in [0.717, 1.165) is 18.5 Å². The van der Waals surface area contributed by atoms with Gasteiger partial charge < -0.3 is 18.4 Å². The Balaban J connectivity index is 0. The second-order valence-electron chi connectivity index (χ2n) is 2.59. The van der Waals surface area contributed by atoms with E-state index in [1.54, 1.807) is 21.3 Å². The molecule has 0 saturated carbocycles. The Labute approximate surface area is 92.0 Å². The molecule has 0 saturated heterocycles. The summed E-state index contributed by atoms with van der Waals surface area (Å²) in [5.41, 5.74) is 0. The van der Waals surface area contributed by atoms with Crippen LogP contribution < -0.4 is 0 Å². The average Bonchev–Trinajstić information content (AvgIpc) is 2.27. The summed E-state index contributed by atoms with van der Waals surface area (Å²) in [7, 11) is 2.68. The molecule has 0 aliphatic carbocycles. The Bertz CT molecular complexity index is 171. The van der Waals surface area contributed by atoms with Crippen LogP contribution in [0.1, 0.15) is 13.3 Å². The number of carboxylic acid groups (broad SMARTS) is 1. The molecular formula is C9H20O5Si. The van der Waals surface area contributed by atoms with E-state index in [-0.39, 0.29) is 0 Å². The highest BCUT2D eigenvalue weighted by Crippen LogP contribution is 2.13. The number of aliphatic carboxylic acids is 1. The summed E-state index contributed by atoms with van der Waals surface area (Å²) in [4.78, 5) is 9.25. The van der Waals surface area contributed by atoms with Gasteiger partial charge in [0.2, 0.25) is 0 Å². The summed E-state index contributed by atoms with van der Waals surface area (Å²) in [6, 6.07) is 0.885. The standard InChI is InChI=1S/C6H16O3Si.C3H4O2/c1-5-6-10(7-2,8-3)9-4;1-2-3(4)5/h5-6H2,1-4H3;2H,1H2,(H,4,5). The minimum atomic E-state index is -2.22. The summed E-state index contributed by atoms with van der Waals surface area (Å²) in [5, 5.41) is 7.60. The summed E-state index contributed by atoms with van der Waals surface area (Å²) in [6.07, 6.45) is 1.86. The SMILES string of the molecule is C=CC(=O)O.CCC[Si](OC)(OC)OC. The second kappa shape index (κ2) is 9.85. The smallest absolute Gasteiger partial charge is 0.478 e. The van der Waals surface area contributed by atoms with Gasteiger partial charge in [0.1, 0.15) is 0 Å². The van der Waals surface area contributed by atoms with E-state index in [4.69, 9.17) is 18.4 Å². The van der Waals surface area contributed by atoms with Gasteiger partial charge in [-0.2, -0.15) is 0 Å². The molecule has 0 rings (SSSR count).